The Morgan fingerprint density at radius 1 is 1.00 bits per heavy atom. The summed E-state index contributed by atoms with van der Waals surface area (Å²) in [6.45, 7) is -1.08. The van der Waals surface area contributed by atoms with Gasteiger partial charge in [0, 0.05) is 18.2 Å². The molecule has 2 aromatic carbocycles. The van der Waals surface area contributed by atoms with Crippen molar-refractivity contribution in [1.82, 2.24) is 10.6 Å². The Hall–Kier alpha value is -3.21. The molecule has 1 atom stereocenters. The van der Waals surface area contributed by atoms with Crippen LogP contribution in [0.15, 0.2) is 42.5 Å². The number of aliphatic hydroxyl groups is 1. The van der Waals surface area contributed by atoms with Gasteiger partial charge in [-0.25, -0.2) is 8.78 Å². The number of carbonyl (C=O) groups is 2. The van der Waals surface area contributed by atoms with E-state index in [1.165, 1.54) is 0 Å². The van der Waals surface area contributed by atoms with E-state index < -0.39 is 47.8 Å². The number of hydrogen-bond donors (Lipinski definition) is 3. The zero-order chi connectivity index (χ0) is 22.3. The summed E-state index contributed by atoms with van der Waals surface area (Å²) < 4.78 is 68.7. The Morgan fingerprint density at radius 3 is 2.17 bits per heavy atom. The van der Waals surface area contributed by atoms with E-state index in [2.05, 4.69) is 10.6 Å². The number of ether oxygens (including phenoxy) is 1. The molecule has 2 rings (SSSR count). The average molecular weight is 432 g/mol. The van der Waals surface area contributed by atoms with Crippen molar-refractivity contribution in [1.29, 1.82) is 0 Å². The molecular weight excluding hydrogens is 415 g/mol. The largest absolute Gasteiger partial charge is 0.491 e. The molecule has 30 heavy (non-hydrogen) atoms. The van der Waals surface area contributed by atoms with Crippen LogP contribution in [-0.2, 0) is 11.0 Å². The molecule has 0 aliphatic carbocycles. The van der Waals surface area contributed by atoms with Crippen LogP contribution in [0.1, 0.15) is 15.9 Å². The van der Waals surface area contributed by atoms with Gasteiger partial charge in [0.2, 0.25) is 5.91 Å². The molecule has 0 aliphatic heterocycles. The van der Waals surface area contributed by atoms with Gasteiger partial charge in [0.05, 0.1) is 12.1 Å². The van der Waals surface area contributed by atoms with E-state index in [1.54, 1.807) is 0 Å². The summed E-state index contributed by atoms with van der Waals surface area (Å²) in [5, 5.41) is 14.2. The molecule has 2 aromatic rings. The van der Waals surface area contributed by atoms with Gasteiger partial charge in [0.1, 0.15) is 30.1 Å². The molecule has 1 unspecified atom stereocenters. The fraction of sp³-hybridized carbons (Fsp3) is 0.263. The standard InChI is InChI=1S/C19H17F5N2O4/c20-13-5-11(6-14(21)7-13)18(29)26-9-17(28)25-8-15(27)10-30-16-3-1-12(2-4-16)19(22,23)24/h1-7,15,27H,8-10H2,(H,25,28)(H,26,29). The molecule has 0 aromatic heterocycles. The van der Waals surface area contributed by atoms with E-state index in [1.807, 2.05) is 0 Å². The summed E-state index contributed by atoms with van der Waals surface area (Å²) in [5.74, 6) is -3.34. The average Bonchev–Trinajstić information content (AvgIpc) is 2.67. The highest BCUT2D eigenvalue weighted by Gasteiger charge is 2.30. The first kappa shape index (κ1) is 23.1. The second-order valence-corrected chi connectivity index (χ2v) is 6.13. The van der Waals surface area contributed by atoms with Crippen molar-refractivity contribution >= 4 is 11.8 Å². The van der Waals surface area contributed by atoms with Crippen LogP contribution in [0, 0.1) is 11.6 Å². The number of hydrogen-bond acceptors (Lipinski definition) is 4. The number of aliphatic hydroxyl groups excluding tert-OH is 1. The van der Waals surface area contributed by atoms with E-state index in [4.69, 9.17) is 4.74 Å². The van der Waals surface area contributed by atoms with Crippen LogP contribution in [0.3, 0.4) is 0 Å². The van der Waals surface area contributed by atoms with Gasteiger partial charge in [0.25, 0.3) is 5.91 Å². The normalized spacial score (nSPS) is 12.2. The molecule has 0 saturated heterocycles. The number of halogens is 5. The van der Waals surface area contributed by atoms with Crippen LogP contribution < -0.4 is 15.4 Å². The maximum absolute atomic E-state index is 13.1. The van der Waals surface area contributed by atoms with Crippen molar-refractivity contribution in [3.8, 4) is 5.75 Å². The molecule has 0 radical (unpaired) electrons. The summed E-state index contributed by atoms with van der Waals surface area (Å²) in [6, 6.07) is 6.06. The maximum atomic E-state index is 13.1. The van der Waals surface area contributed by atoms with Gasteiger partial charge < -0.3 is 20.5 Å². The minimum atomic E-state index is -4.47. The molecule has 162 valence electrons. The minimum absolute atomic E-state index is 0.1000. The maximum Gasteiger partial charge on any atom is 0.416 e. The minimum Gasteiger partial charge on any atom is -0.491 e. The molecule has 2 amide bonds. The molecule has 0 fully saturated rings. The van der Waals surface area contributed by atoms with Crippen molar-refractivity contribution in [3.63, 3.8) is 0 Å². The second kappa shape index (κ2) is 10.0. The fourth-order valence-corrected chi connectivity index (χ4v) is 2.23. The van der Waals surface area contributed by atoms with E-state index >= 15 is 0 Å². The highest BCUT2D eigenvalue weighted by molar-refractivity contribution is 5.96. The zero-order valence-corrected chi connectivity index (χ0v) is 15.3. The van der Waals surface area contributed by atoms with Crippen LogP contribution in [0.4, 0.5) is 22.0 Å². The third kappa shape index (κ3) is 7.32. The first-order valence-corrected chi connectivity index (χ1v) is 8.53. The van der Waals surface area contributed by atoms with Gasteiger partial charge in [-0.15, -0.1) is 0 Å². The Kier molecular flexibility index (Phi) is 7.70. The van der Waals surface area contributed by atoms with E-state index in [0.717, 1.165) is 36.4 Å². The summed E-state index contributed by atoms with van der Waals surface area (Å²) in [7, 11) is 0. The van der Waals surface area contributed by atoms with Crippen LogP contribution in [-0.4, -0.2) is 42.7 Å². The molecule has 0 bridgehead atoms. The van der Waals surface area contributed by atoms with E-state index in [-0.39, 0.29) is 24.5 Å². The van der Waals surface area contributed by atoms with Crippen LogP contribution in [0.2, 0.25) is 0 Å². The summed E-state index contributed by atoms with van der Waals surface area (Å²) in [5.41, 5.74) is -1.14. The second-order valence-electron chi connectivity index (χ2n) is 6.13. The van der Waals surface area contributed by atoms with Gasteiger partial charge >= 0.3 is 6.18 Å². The number of nitrogens with one attached hydrogen (secondary N) is 2. The molecule has 0 aliphatic rings. The molecular formula is C19H17F5N2O4. The lowest BCUT2D eigenvalue weighted by Crippen LogP contribution is -2.41. The first-order chi connectivity index (χ1) is 14.0. The van der Waals surface area contributed by atoms with Crippen molar-refractivity contribution in [3.05, 3.63) is 65.2 Å². The molecule has 6 nitrogen and oxygen atoms in total. The SMILES string of the molecule is O=C(CNC(=O)c1cc(F)cc(F)c1)NCC(O)COc1ccc(C(F)(F)F)cc1. The van der Waals surface area contributed by atoms with Crippen LogP contribution in [0.5, 0.6) is 5.75 Å². The van der Waals surface area contributed by atoms with E-state index in [0.29, 0.717) is 6.07 Å². The van der Waals surface area contributed by atoms with E-state index in [9.17, 15) is 36.6 Å². The predicted molar refractivity (Wildman–Crippen MR) is 94.6 cm³/mol. The summed E-state index contributed by atoms with van der Waals surface area (Å²) in [6.07, 6.45) is -5.65. The molecule has 3 N–H and O–H groups in total. The van der Waals surface area contributed by atoms with Gasteiger partial charge in [0.15, 0.2) is 0 Å². The van der Waals surface area contributed by atoms with Gasteiger partial charge in [-0.05, 0) is 36.4 Å². The Labute approximate surface area is 167 Å². The molecule has 0 saturated carbocycles. The number of rotatable bonds is 8. The Morgan fingerprint density at radius 2 is 1.60 bits per heavy atom. The Balaban J connectivity index is 1.70. The fourth-order valence-electron chi connectivity index (χ4n) is 2.23. The van der Waals surface area contributed by atoms with Gasteiger partial charge in [-0.2, -0.15) is 13.2 Å². The monoisotopic (exact) mass is 432 g/mol. The predicted octanol–water partition coefficient (Wildman–Crippen LogP) is 2.27. The number of benzene rings is 2. The van der Waals surface area contributed by atoms with Crippen molar-refractivity contribution < 1.29 is 41.4 Å². The zero-order valence-electron chi connectivity index (χ0n) is 15.3. The third-order valence-electron chi connectivity index (χ3n) is 3.69. The lowest BCUT2D eigenvalue weighted by Gasteiger charge is -2.14. The lowest BCUT2D eigenvalue weighted by molar-refractivity contribution is -0.137. The van der Waals surface area contributed by atoms with Crippen molar-refractivity contribution in [2.75, 3.05) is 19.7 Å². The lowest BCUT2D eigenvalue weighted by atomic mass is 10.2. The van der Waals surface area contributed by atoms with Crippen molar-refractivity contribution in [2.45, 2.75) is 12.3 Å². The number of carbonyl (C=O) groups excluding carboxylic acids is 2. The molecule has 11 heteroatoms. The smallest absolute Gasteiger partial charge is 0.416 e. The van der Waals surface area contributed by atoms with Crippen LogP contribution in [0.25, 0.3) is 0 Å². The molecule has 0 heterocycles. The summed E-state index contributed by atoms with van der Waals surface area (Å²) in [4.78, 5) is 23.5. The first-order valence-electron chi connectivity index (χ1n) is 8.53. The number of amides is 2. The quantitative estimate of drug-likeness (QED) is 0.559. The molecule has 0 spiro atoms. The van der Waals surface area contributed by atoms with Gasteiger partial charge in [-0.3, -0.25) is 9.59 Å². The third-order valence-corrected chi connectivity index (χ3v) is 3.69. The highest BCUT2D eigenvalue weighted by atomic mass is 19.4. The summed E-state index contributed by atoms with van der Waals surface area (Å²) >= 11 is 0. The Bertz CT molecular complexity index is 867. The van der Waals surface area contributed by atoms with Gasteiger partial charge in [-0.1, -0.05) is 0 Å². The number of alkyl halides is 3. The van der Waals surface area contributed by atoms with Crippen molar-refractivity contribution in [2.24, 2.45) is 0 Å². The topological polar surface area (TPSA) is 87.7 Å². The van der Waals surface area contributed by atoms with Crippen LogP contribution >= 0.6 is 0 Å². The highest BCUT2D eigenvalue weighted by Crippen LogP contribution is 2.30.